The number of halogens is 1. The smallest absolute Gasteiger partial charge is 0.341 e. The highest BCUT2D eigenvalue weighted by Gasteiger charge is 2.35. The number of rotatable bonds is 7. The van der Waals surface area contributed by atoms with Crippen molar-refractivity contribution in [2.75, 3.05) is 45.3 Å². The third-order valence-corrected chi connectivity index (χ3v) is 8.82. The molecule has 2 aromatic carbocycles. The third kappa shape index (κ3) is 4.73. The summed E-state index contributed by atoms with van der Waals surface area (Å²) in [4.78, 5) is 42.3. The van der Waals surface area contributed by atoms with Gasteiger partial charge in [-0.2, -0.15) is 0 Å². The number of ether oxygens (including phenoxy) is 2. The largest absolute Gasteiger partial charge is 0.497 e. The molecule has 2 unspecified atom stereocenters. The zero-order valence-corrected chi connectivity index (χ0v) is 23.5. The number of aromatic nitrogens is 1. The molecule has 216 valence electrons. The van der Waals surface area contributed by atoms with Gasteiger partial charge in [0.1, 0.15) is 17.0 Å². The first kappa shape index (κ1) is 27.3. The lowest BCUT2D eigenvalue weighted by molar-refractivity contribution is 0.0694. The van der Waals surface area contributed by atoms with Gasteiger partial charge in [0.05, 0.1) is 25.1 Å². The molecule has 3 aromatic rings. The van der Waals surface area contributed by atoms with Crippen LogP contribution in [0.5, 0.6) is 11.5 Å². The number of hydrogen-bond acceptors (Lipinski definition) is 7. The number of fused-ring (bicyclic) bond motifs is 2. The molecule has 1 saturated carbocycles. The minimum Gasteiger partial charge on any atom is -0.497 e. The Hall–Kier alpha value is -3.92. The first-order valence-electron chi connectivity index (χ1n) is 14.1. The van der Waals surface area contributed by atoms with Crippen LogP contribution in [0, 0.1) is 11.7 Å². The number of piperazine rings is 1. The van der Waals surface area contributed by atoms with Gasteiger partial charge in [-0.1, -0.05) is 0 Å². The van der Waals surface area contributed by atoms with E-state index in [0.717, 1.165) is 48.6 Å². The Labute approximate surface area is 237 Å². The number of carbonyl (C=O) groups excluding carboxylic acids is 1. The second kappa shape index (κ2) is 10.5. The molecule has 6 rings (SSSR count). The van der Waals surface area contributed by atoms with Crippen LogP contribution in [0.15, 0.2) is 35.3 Å². The van der Waals surface area contributed by atoms with Crippen LogP contribution >= 0.6 is 0 Å². The summed E-state index contributed by atoms with van der Waals surface area (Å²) in [6.45, 7) is 4.36. The van der Waals surface area contributed by atoms with Crippen molar-refractivity contribution in [3.8, 4) is 11.5 Å². The Morgan fingerprint density at radius 3 is 2.54 bits per heavy atom. The van der Waals surface area contributed by atoms with Crippen LogP contribution in [-0.2, 0) is 6.42 Å². The lowest BCUT2D eigenvalue weighted by Gasteiger charge is -2.43. The van der Waals surface area contributed by atoms with E-state index >= 15 is 4.39 Å². The minimum absolute atomic E-state index is 0.00953. The number of benzene rings is 2. The van der Waals surface area contributed by atoms with Gasteiger partial charge in [0.25, 0.3) is 0 Å². The van der Waals surface area contributed by atoms with Crippen LogP contribution in [0.4, 0.5) is 10.1 Å². The maximum atomic E-state index is 15.8. The molecule has 3 aliphatic rings. The monoisotopic (exact) mass is 563 g/mol. The van der Waals surface area contributed by atoms with Crippen molar-refractivity contribution in [3.63, 3.8) is 0 Å². The van der Waals surface area contributed by atoms with E-state index in [2.05, 4.69) is 11.8 Å². The van der Waals surface area contributed by atoms with Gasteiger partial charge in [-0.3, -0.25) is 14.5 Å². The predicted molar refractivity (Wildman–Crippen MR) is 152 cm³/mol. The van der Waals surface area contributed by atoms with E-state index in [4.69, 9.17) is 9.47 Å². The van der Waals surface area contributed by atoms with Gasteiger partial charge in [-0.15, -0.1) is 0 Å². The molecular formula is C31H34FN3O6. The van der Waals surface area contributed by atoms with E-state index < -0.39 is 17.2 Å². The molecule has 2 fully saturated rings. The lowest BCUT2D eigenvalue weighted by atomic mass is 9.82. The van der Waals surface area contributed by atoms with Crippen LogP contribution in [0.3, 0.4) is 0 Å². The number of ketones is 1. The molecule has 0 radical (unpaired) electrons. The topological polar surface area (TPSA) is 101 Å². The Balaban J connectivity index is 1.27. The molecule has 0 spiro atoms. The van der Waals surface area contributed by atoms with Gasteiger partial charge in [0, 0.05) is 55.9 Å². The fourth-order valence-corrected chi connectivity index (χ4v) is 6.48. The first-order chi connectivity index (χ1) is 19.7. The van der Waals surface area contributed by atoms with Crippen LogP contribution in [0.1, 0.15) is 58.5 Å². The van der Waals surface area contributed by atoms with Gasteiger partial charge < -0.3 is 24.0 Å². The standard InChI is InChI=1S/C31H34FN3O6/c1-17-14-34(11-10-33(17)15-19-5-4-18-12-21(40-2)8-9-22(18)28(19)36)27-25(32)13-23-26(30(27)41-3)35(20-6-7-20)16-24(29(23)37)31(38)39/h8-9,12-13,16-17,19-20H,4-7,10-11,14-15H2,1-3H3,(H,38,39). The van der Waals surface area contributed by atoms with Crippen molar-refractivity contribution in [1.82, 2.24) is 9.47 Å². The van der Waals surface area contributed by atoms with Crippen molar-refractivity contribution >= 4 is 28.3 Å². The highest BCUT2D eigenvalue weighted by atomic mass is 19.1. The second-order valence-corrected chi connectivity index (χ2v) is 11.4. The van der Waals surface area contributed by atoms with Gasteiger partial charge in [0.2, 0.25) is 5.43 Å². The predicted octanol–water partition coefficient (Wildman–Crippen LogP) is 4.15. The summed E-state index contributed by atoms with van der Waals surface area (Å²) in [7, 11) is 3.07. The summed E-state index contributed by atoms with van der Waals surface area (Å²) in [6, 6.07) is 6.87. The summed E-state index contributed by atoms with van der Waals surface area (Å²) < 4.78 is 28.6. The average molecular weight is 564 g/mol. The van der Waals surface area contributed by atoms with E-state index in [-0.39, 0.29) is 46.2 Å². The zero-order chi connectivity index (χ0) is 29.0. The normalized spacial score (nSPS) is 21.2. The van der Waals surface area contributed by atoms with E-state index in [1.165, 1.54) is 13.3 Å². The Morgan fingerprint density at radius 2 is 1.88 bits per heavy atom. The fraction of sp³-hybridized carbons (Fsp3) is 0.452. The van der Waals surface area contributed by atoms with E-state index in [9.17, 15) is 19.5 Å². The van der Waals surface area contributed by atoms with Gasteiger partial charge in [-0.25, -0.2) is 9.18 Å². The summed E-state index contributed by atoms with van der Waals surface area (Å²) in [6.07, 6.45) is 4.66. The molecule has 1 aromatic heterocycles. The number of nitrogens with zero attached hydrogens (tertiary/aromatic N) is 3. The average Bonchev–Trinajstić information content (AvgIpc) is 3.80. The number of carbonyl (C=O) groups is 2. The van der Waals surface area contributed by atoms with Crippen molar-refractivity contribution in [1.29, 1.82) is 0 Å². The molecule has 2 aliphatic carbocycles. The Bertz CT molecular complexity index is 1610. The van der Waals surface area contributed by atoms with E-state index in [0.29, 0.717) is 31.7 Å². The number of aryl methyl sites for hydroxylation is 1. The maximum absolute atomic E-state index is 15.8. The van der Waals surface area contributed by atoms with Gasteiger partial charge >= 0.3 is 5.97 Å². The second-order valence-electron chi connectivity index (χ2n) is 11.4. The first-order valence-corrected chi connectivity index (χ1v) is 14.1. The SMILES string of the molecule is COc1ccc2c(c1)CCC(CN1CCN(c3c(F)cc4c(=O)c(C(=O)O)cn(C5CC5)c4c3OC)CC1C)C2=O. The number of carboxylic acid groups (broad SMARTS) is 1. The van der Waals surface area contributed by atoms with Crippen molar-refractivity contribution in [2.24, 2.45) is 5.92 Å². The lowest BCUT2D eigenvalue weighted by Crippen LogP contribution is -2.54. The summed E-state index contributed by atoms with van der Waals surface area (Å²) in [5.41, 5.74) is 1.41. The summed E-state index contributed by atoms with van der Waals surface area (Å²) in [5.74, 6) is -0.896. The van der Waals surface area contributed by atoms with Crippen LogP contribution in [0.25, 0.3) is 10.9 Å². The molecule has 0 amide bonds. The number of Topliss-reactive ketones (excluding diaryl/α,β-unsaturated/α-hetero) is 1. The number of hydrogen-bond donors (Lipinski definition) is 1. The highest BCUT2D eigenvalue weighted by Crippen LogP contribution is 2.44. The van der Waals surface area contributed by atoms with Crippen molar-refractivity contribution in [2.45, 2.75) is 44.7 Å². The quantitative estimate of drug-likeness (QED) is 0.458. The molecule has 9 nitrogen and oxygen atoms in total. The number of anilines is 1. The van der Waals surface area contributed by atoms with Crippen molar-refractivity contribution < 1.29 is 28.6 Å². The molecule has 2 heterocycles. The molecule has 10 heteroatoms. The van der Waals surface area contributed by atoms with Crippen LogP contribution < -0.4 is 19.8 Å². The molecule has 41 heavy (non-hydrogen) atoms. The molecule has 1 aliphatic heterocycles. The molecule has 1 N–H and O–H groups in total. The number of carboxylic acids is 1. The minimum atomic E-state index is -1.33. The van der Waals surface area contributed by atoms with Gasteiger partial charge in [-0.05, 0) is 62.4 Å². The van der Waals surface area contributed by atoms with Gasteiger partial charge in [0.15, 0.2) is 17.3 Å². The van der Waals surface area contributed by atoms with Crippen LogP contribution in [0.2, 0.25) is 0 Å². The number of aromatic carboxylic acids is 1. The maximum Gasteiger partial charge on any atom is 0.341 e. The summed E-state index contributed by atoms with van der Waals surface area (Å²) in [5, 5.41) is 9.60. The van der Waals surface area contributed by atoms with Crippen molar-refractivity contribution in [3.05, 3.63) is 63.2 Å². The molecular weight excluding hydrogens is 529 g/mol. The summed E-state index contributed by atoms with van der Waals surface area (Å²) >= 11 is 0. The molecule has 2 atom stereocenters. The zero-order valence-electron chi connectivity index (χ0n) is 23.5. The highest BCUT2D eigenvalue weighted by molar-refractivity contribution is 6.00. The fourth-order valence-electron chi connectivity index (χ4n) is 6.48. The number of methoxy groups -OCH3 is 2. The Morgan fingerprint density at radius 1 is 1.10 bits per heavy atom. The number of pyridine rings is 1. The molecule has 0 bridgehead atoms. The van der Waals surface area contributed by atoms with E-state index in [1.807, 2.05) is 23.1 Å². The molecule has 1 saturated heterocycles. The Kier molecular flexibility index (Phi) is 6.97. The van der Waals surface area contributed by atoms with Crippen LogP contribution in [-0.4, -0.2) is 72.8 Å². The van der Waals surface area contributed by atoms with E-state index in [1.54, 1.807) is 11.7 Å². The third-order valence-electron chi connectivity index (χ3n) is 8.82.